The van der Waals surface area contributed by atoms with Crippen molar-refractivity contribution >= 4 is 5.97 Å². The Morgan fingerprint density at radius 1 is 1.21 bits per heavy atom. The van der Waals surface area contributed by atoms with Gasteiger partial charge in [-0.3, -0.25) is 0 Å². The van der Waals surface area contributed by atoms with Gasteiger partial charge in [0, 0.05) is 5.56 Å². The molecule has 132 valence electrons. The molecule has 0 fully saturated rings. The number of carbonyl (C=O) groups excluding carboxylic acids is 1. The number of hydrogen-bond donors (Lipinski definition) is 4. The van der Waals surface area contributed by atoms with Gasteiger partial charge in [0.25, 0.3) is 0 Å². The van der Waals surface area contributed by atoms with Gasteiger partial charge in [0.15, 0.2) is 11.5 Å². The molecule has 0 radical (unpaired) electrons. The molecular formula is C18H24O6. The molecule has 0 amide bonds. The minimum absolute atomic E-state index is 0.210. The molecule has 1 aromatic rings. The third-order valence-corrected chi connectivity index (χ3v) is 3.53. The summed E-state index contributed by atoms with van der Waals surface area (Å²) in [6.45, 7) is 5.80. The molecule has 0 aromatic heterocycles. The van der Waals surface area contributed by atoms with Crippen molar-refractivity contribution in [1.82, 2.24) is 0 Å². The fraction of sp³-hybridized carbons (Fsp3) is 0.389. The standard InChI is InChI=1S/C18H24O6/c1-10(2)6-5-7-11(3)8-13(19)15-12(18(23)24-4)9-14(20)16(21)17(15)22/h6,8-9,13,19-22H,5,7H2,1-4H3/b11-8+. The maximum Gasteiger partial charge on any atom is 0.338 e. The normalized spacial score (nSPS) is 12.6. The van der Waals surface area contributed by atoms with E-state index in [2.05, 4.69) is 10.8 Å². The minimum atomic E-state index is -1.34. The van der Waals surface area contributed by atoms with Crippen LogP contribution in [0, 0.1) is 0 Å². The van der Waals surface area contributed by atoms with Crippen molar-refractivity contribution in [3.63, 3.8) is 0 Å². The lowest BCUT2D eigenvalue weighted by Gasteiger charge is -2.16. The third kappa shape index (κ3) is 4.76. The quantitative estimate of drug-likeness (QED) is 0.361. The van der Waals surface area contributed by atoms with Gasteiger partial charge in [-0.1, -0.05) is 23.3 Å². The summed E-state index contributed by atoms with van der Waals surface area (Å²) in [5, 5.41) is 39.6. The van der Waals surface area contributed by atoms with Gasteiger partial charge in [-0.2, -0.15) is 0 Å². The average Bonchev–Trinajstić information content (AvgIpc) is 2.50. The summed E-state index contributed by atoms with van der Waals surface area (Å²) in [4.78, 5) is 11.8. The van der Waals surface area contributed by atoms with Crippen LogP contribution in [-0.4, -0.2) is 33.5 Å². The Labute approximate surface area is 141 Å². The van der Waals surface area contributed by atoms with E-state index in [0.29, 0.717) is 6.42 Å². The smallest absolute Gasteiger partial charge is 0.338 e. The number of benzene rings is 1. The maximum absolute atomic E-state index is 11.8. The largest absolute Gasteiger partial charge is 0.504 e. The molecule has 0 heterocycles. The third-order valence-electron chi connectivity index (χ3n) is 3.53. The van der Waals surface area contributed by atoms with Crippen molar-refractivity contribution in [2.75, 3.05) is 7.11 Å². The minimum Gasteiger partial charge on any atom is -0.504 e. The van der Waals surface area contributed by atoms with Crippen LogP contribution in [-0.2, 0) is 4.74 Å². The summed E-state index contributed by atoms with van der Waals surface area (Å²) < 4.78 is 4.59. The van der Waals surface area contributed by atoms with E-state index in [1.54, 1.807) is 0 Å². The predicted octanol–water partition coefficient (Wildman–Crippen LogP) is 3.32. The van der Waals surface area contributed by atoms with Crippen LogP contribution in [0.5, 0.6) is 17.2 Å². The van der Waals surface area contributed by atoms with Gasteiger partial charge < -0.3 is 25.2 Å². The summed E-state index contributed by atoms with van der Waals surface area (Å²) in [7, 11) is 1.14. The van der Waals surface area contributed by atoms with Gasteiger partial charge in [0.1, 0.15) is 6.10 Å². The highest BCUT2D eigenvalue weighted by Gasteiger charge is 2.26. The Balaban J connectivity index is 3.21. The van der Waals surface area contributed by atoms with E-state index >= 15 is 0 Å². The van der Waals surface area contributed by atoms with Crippen molar-refractivity contribution in [3.8, 4) is 17.2 Å². The molecule has 0 spiro atoms. The average molecular weight is 336 g/mol. The van der Waals surface area contributed by atoms with Crippen molar-refractivity contribution in [2.45, 2.75) is 39.7 Å². The Bertz CT molecular complexity index is 669. The van der Waals surface area contributed by atoms with Crippen LogP contribution in [0.4, 0.5) is 0 Å². The van der Waals surface area contributed by atoms with Gasteiger partial charge in [-0.15, -0.1) is 0 Å². The molecule has 4 N–H and O–H groups in total. The molecule has 0 aliphatic rings. The number of aliphatic hydroxyl groups excluding tert-OH is 1. The molecule has 6 nitrogen and oxygen atoms in total. The molecule has 1 aromatic carbocycles. The van der Waals surface area contributed by atoms with Crippen molar-refractivity contribution < 1.29 is 30.0 Å². The van der Waals surface area contributed by atoms with E-state index in [1.165, 1.54) is 11.6 Å². The van der Waals surface area contributed by atoms with Crippen LogP contribution in [0.15, 0.2) is 29.4 Å². The van der Waals surface area contributed by atoms with E-state index in [9.17, 15) is 25.2 Å². The van der Waals surface area contributed by atoms with Gasteiger partial charge in [0.05, 0.1) is 12.7 Å². The van der Waals surface area contributed by atoms with Gasteiger partial charge in [-0.05, 0) is 39.7 Å². The number of aromatic hydroxyl groups is 3. The van der Waals surface area contributed by atoms with Crippen LogP contribution in [0.25, 0.3) is 0 Å². The fourth-order valence-electron chi connectivity index (χ4n) is 2.26. The summed E-state index contributed by atoms with van der Waals surface area (Å²) >= 11 is 0. The van der Waals surface area contributed by atoms with Crippen LogP contribution in [0.2, 0.25) is 0 Å². The number of phenolic OH excluding ortho intramolecular Hbond substituents is 3. The molecule has 6 heteroatoms. The highest BCUT2D eigenvalue weighted by Crippen LogP contribution is 2.43. The second-order valence-corrected chi connectivity index (χ2v) is 5.82. The molecule has 0 saturated heterocycles. The van der Waals surface area contributed by atoms with Gasteiger partial charge >= 0.3 is 5.97 Å². The van der Waals surface area contributed by atoms with E-state index < -0.39 is 29.3 Å². The zero-order valence-corrected chi connectivity index (χ0v) is 14.3. The Hall–Kier alpha value is -2.47. The Morgan fingerprint density at radius 2 is 1.83 bits per heavy atom. The van der Waals surface area contributed by atoms with E-state index in [0.717, 1.165) is 25.2 Å². The molecular weight excluding hydrogens is 312 g/mol. The molecule has 1 unspecified atom stereocenters. The molecule has 0 aliphatic carbocycles. The summed E-state index contributed by atoms with van der Waals surface area (Å²) in [5.41, 5.74) is 1.62. The lowest BCUT2D eigenvalue weighted by Crippen LogP contribution is -2.09. The lowest BCUT2D eigenvalue weighted by atomic mass is 9.97. The Kier molecular flexibility index (Phi) is 6.85. The van der Waals surface area contributed by atoms with Gasteiger partial charge in [0.2, 0.25) is 5.75 Å². The maximum atomic E-state index is 11.8. The second kappa shape index (κ2) is 8.40. The van der Waals surface area contributed by atoms with Crippen LogP contribution in [0.3, 0.4) is 0 Å². The Morgan fingerprint density at radius 3 is 2.38 bits per heavy atom. The SMILES string of the molecule is COC(=O)c1cc(O)c(O)c(O)c1C(O)/C=C(\C)CCC=C(C)C. The highest BCUT2D eigenvalue weighted by atomic mass is 16.5. The number of hydrogen-bond acceptors (Lipinski definition) is 6. The first-order valence-electron chi connectivity index (χ1n) is 7.53. The summed E-state index contributed by atoms with van der Waals surface area (Å²) in [6, 6.07) is 0.950. The lowest BCUT2D eigenvalue weighted by molar-refractivity contribution is 0.0594. The summed E-state index contributed by atoms with van der Waals surface area (Å²) in [5.74, 6) is -3.07. The molecule has 0 bridgehead atoms. The van der Waals surface area contributed by atoms with Gasteiger partial charge in [-0.25, -0.2) is 4.79 Å². The van der Waals surface area contributed by atoms with Crippen LogP contribution >= 0.6 is 0 Å². The first-order chi connectivity index (χ1) is 11.2. The number of rotatable bonds is 6. The number of ether oxygens (including phenoxy) is 1. The monoisotopic (exact) mass is 336 g/mol. The fourth-order valence-corrected chi connectivity index (χ4v) is 2.26. The first-order valence-corrected chi connectivity index (χ1v) is 7.53. The zero-order valence-electron chi connectivity index (χ0n) is 14.3. The van der Waals surface area contributed by atoms with Crippen molar-refractivity contribution in [1.29, 1.82) is 0 Å². The number of esters is 1. The topological polar surface area (TPSA) is 107 Å². The molecule has 24 heavy (non-hydrogen) atoms. The first kappa shape index (κ1) is 19.6. The number of allylic oxidation sites excluding steroid dienone is 3. The molecule has 0 aliphatic heterocycles. The highest BCUT2D eigenvalue weighted by molar-refractivity contribution is 5.93. The van der Waals surface area contributed by atoms with Crippen molar-refractivity contribution in [2.24, 2.45) is 0 Å². The zero-order chi connectivity index (χ0) is 18.4. The van der Waals surface area contributed by atoms with E-state index in [4.69, 9.17) is 0 Å². The van der Waals surface area contributed by atoms with E-state index in [-0.39, 0.29) is 11.1 Å². The number of methoxy groups -OCH3 is 1. The van der Waals surface area contributed by atoms with Crippen LogP contribution in [0.1, 0.15) is 55.6 Å². The molecule has 1 atom stereocenters. The van der Waals surface area contributed by atoms with Crippen LogP contribution < -0.4 is 0 Å². The molecule has 0 saturated carbocycles. The van der Waals surface area contributed by atoms with Crippen molar-refractivity contribution in [3.05, 3.63) is 40.5 Å². The summed E-state index contributed by atoms with van der Waals surface area (Å²) in [6.07, 6.45) is 3.70. The number of carbonyl (C=O) groups is 1. The number of aliphatic hydroxyl groups is 1. The van der Waals surface area contributed by atoms with E-state index in [1.807, 2.05) is 20.8 Å². The number of phenols is 3. The second-order valence-electron chi connectivity index (χ2n) is 5.82. The molecule has 1 rings (SSSR count). The predicted molar refractivity (Wildman–Crippen MR) is 90.2 cm³/mol.